The van der Waals surface area contributed by atoms with Crippen LogP contribution in [0.1, 0.15) is 11.1 Å². The molecule has 1 atom stereocenters. The fourth-order valence-corrected chi connectivity index (χ4v) is 2.05. The Balaban J connectivity index is 1.84. The van der Waals surface area contributed by atoms with Crippen molar-refractivity contribution in [2.24, 2.45) is 5.73 Å². The lowest BCUT2D eigenvalue weighted by molar-refractivity contribution is -0.123. The zero-order chi connectivity index (χ0) is 17.7. The lowest BCUT2D eigenvalue weighted by Crippen LogP contribution is -2.47. The molecule has 2 aromatic rings. The molecule has 24 heavy (non-hydrogen) atoms. The summed E-state index contributed by atoms with van der Waals surface area (Å²) in [5, 5.41) is 37.5. The van der Waals surface area contributed by atoms with Crippen LogP contribution in [0.3, 0.4) is 0 Å². The van der Waals surface area contributed by atoms with E-state index in [1.807, 2.05) is 0 Å². The van der Waals surface area contributed by atoms with Gasteiger partial charge >= 0.3 is 0 Å². The molecule has 0 fully saturated rings. The molecule has 2 rings (SSSR count). The summed E-state index contributed by atoms with van der Waals surface area (Å²) in [6.07, 6.45) is 0.291. The number of amides is 1. The first-order valence-electron chi connectivity index (χ1n) is 7.17. The summed E-state index contributed by atoms with van der Waals surface area (Å²) < 4.78 is 0. The number of rotatable bonds is 6. The minimum atomic E-state index is -0.802. The molecule has 0 saturated carbocycles. The Morgan fingerprint density at radius 1 is 1.00 bits per heavy atom. The topological polar surface area (TPSA) is 148 Å². The maximum atomic E-state index is 11.9. The van der Waals surface area contributed by atoms with E-state index in [-0.39, 0.29) is 17.9 Å². The predicted molar refractivity (Wildman–Crippen MR) is 86.2 cm³/mol. The Hall–Kier alpha value is -2.97. The summed E-state index contributed by atoms with van der Waals surface area (Å²) in [6.45, 7) is 0.0251. The number of hydrogen-bond donors (Lipinski definition) is 7. The molecule has 0 aliphatic carbocycles. The van der Waals surface area contributed by atoms with E-state index in [0.717, 1.165) is 5.56 Å². The first-order chi connectivity index (χ1) is 11.4. The Bertz CT molecular complexity index is 718. The molecule has 0 spiro atoms. The van der Waals surface area contributed by atoms with Crippen molar-refractivity contribution < 1.29 is 25.2 Å². The summed E-state index contributed by atoms with van der Waals surface area (Å²) in [4.78, 5) is 11.9. The van der Waals surface area contributed by atoms with E-state index in [4.69, 9.17) is 5.73 Å². The molecule has 2 aromatic carbocycles. The molecule has 8 nitrogen and oxygen atoms in total. The van der Waals surface area contributed by atoms with E-state index < -0.39 is 29.2 Å². The van der Waals surface area contributed by atoms with Crippen LogP contribution in [-0.4, -0.2) is 32.4 Å². The molecule has 0 unspecified atom stereocenters. The number of carbonyl (C=O) groups excluding carboxylic acids is 1. The Morgan fingerprint density at radius 2 is 1.67 bits per heavy atom. The van der Waals surface area contributed by atoms with Crippen LogP contribution in [0, 0.1) is 0 Å². The van der Waals surface area contributed by atoms with Crippen molar-refractivity contribution in [2.75, 3.05) is 0 Å². The number of phenols is 4. The number of aromatic hydroxyl groups is 4. The maximum Gasteiger partial charge on any atom is 0.251 e. The minimum absolute atomic E-state index is 0.0251. The van der Waals surface area contributed by atoms with Crippen molar-refractivity contribution in [1.82, 2.24) is 10.9 Å². The zero-order valence-corrected chi connectivity index (χ0v) is 12.7. The molecule has 8 N–H and O–H groups in total. The van der Waals surface area contributed by atoms with Crippen LogP contribution in [-0.2, 0) is 17.8 Å². The number of nitrogens with one attached hydrogen (secondary N) is 2. The smallest absolute Gasteiger partial charge is 0.251 e. The highest BCUT2D eigenvalue weighted by Crippen LogP contribution is 2.36. The summed E-state index contributed by atoms with van der Waals surface area (Å²) in [5.74, 6) is -1.84. The van der Waals surface area contributed by atoms with Crippen LogP contribution in [0.4, 0.5) is 0 Å². The second kappa shape index (κ2) is 7.53. The van der Waals surface area contributed by atoms with Crippen LogP contribution in [0.15, 0.2) is 36.4 Å². The molecule has 8 heteroatoms. The van der Waals surface area contributed by atoms with Gasteiger partial charge in [0, 0.05) is 12.1 Å². The molecule has 0 aliphatic heterocycles. The monoisotopic (exact) mass is 333 g/mol. The Labute approximate surface area is 138 Å². The fourth-order valence-electron chi connectivity index (χ4n) is 2.05. The molecule has 128 valence electrons. The van der Waals surface area contributed by atoms with Gasteiger partial charge in [-0.25, -0.2) is 5.43 Å². The van der Waals surface area contributed by atoms with Gasteiger partial charge in [-0.1, -0.05) is 18.2 Å². The highest BCUT2D eigenvalue weighted by molar-refractivity contribution is 5.81. The first-order valence-corrected chi connectivity index (χ1v) is 7.17. The number of benzene rings is 2. The van der Waals surface area contributed by atoms with E-state index >= 15 is 0 Å². The minimum Gasteiger partial charge on any atom is -0.508 e. The number of hydrazine groups is 1. The summed E-state index contributed by atoms with van der Waals surface area (Å²) in [6, 6.07) is 8.20. The second-order valence-corrected chi connectivity index (χ2v) is 5.26. The van der Waals surface area contributed by atoms with Gasteiger partial charge in [0.25, 0.3) is 5.91 Å². The molecule has 0 aromatic heterocycles. The molecular weight excluding hydrogens is 314 g/mol. The standard InChI is InChI=1S/C16H19N3O5/c17-12(7-9-1-4-11(20)5-2-9)16(24)19-18-8-10-3-6-13(21)15(23)14(10)22/h1-6,12,18,20-23H,7-8,17H2,(H,19,24)/t12-/m0/s1. The average molecular weight is 333 g/mol. The third kappa shape index (κ3) is 4.28. The average Bonchev–Trinajstić information content (AvgIpc) is 2.56. The van der Waals surface area contributed by atoms with Crippen LogP contribution in [0.2, 0.25) is 0 Å². The number of nitrogens with two attached hydrogens (primary N) is 1. The summed E-state index contributed by atoms with van der Waals surface area (Å²) >= 11 is 0. The number of carbonyl (C=O) groups is 1. The largest absolute Gasteiger partial charge is 0.508 e. The predicted octanol–water partition coefficient (Wildman–Crippen LogP) is 0.200. The first kappa shape index (κ1) is 17.4. The van der Waals surface area contributed by atoms with Crippen molar-refractivity contribution in [3.63, 3.8) is 0 Å². The van der Waals surface area contributed by atoms with E-state index in [0.29, 0.717) is 6.42 Å². The third-order valence-electron chi connectivity index (χ3n) is 3.43. The molecule has 0 bridgehead atoms. The number of hydrogen-bond acceptors (Lipinski definition) is 7. The summed E-state index contributed by atoms with van der Waals surface area (Å²) in [5.41, 5.74) is 11.9. The Morgan fingerprint density at radius 3 is 2.33 bits per heavy atom. The van der Waals surface area contributed by atoms with Gasteiger partial charge in [-0.15, -0.1) is 0 Å². The van der Waals surface area contributed by atoms with Gasteiger partial charge in [-0.3, -0.25) is 10.2 Å². The molecule has 0 heterocycles. The Kier molecular flexibility index (Phi) is 5.46. The van der Waals surface area contributed by atoms with E-state index in [1.165, 1.54) is 24.3 Å². The summed E-state index contributed by atoms with van der Waals surface area (Å²) in [7, 11) is 0. The van der Waals surface area contributed by atoms with Crippen LogP contribution in [0.5, 0.6) is 23.0 Å². The van der Waals surface area contributed by atoms with Gasteiger partial charge in [-0.2, -0.15) is 0 Å². The van der Waals surface area contributed by atoms with Crippen molar-refractivity contribution >= 4 is 5.91 Å². The van der Waals surface area contributed by atoms with Gasteiger partial charge in [0.15, 0.2) is 11.5 Å². The lowest BCUT2D eigenvalue weighted by atomic mass is 10.1. The quantitative estimate of drug-likeness (QED) is 0.295. The second-order valence-electron chi connectivity index (χ2n) is 5.26. The van der Waals surface area contributed by atoms with E-state index in [9.17, 15) is 25.2 Å². The van der Waals surface area contributed by atoms with Crippen LogP contribution < -0.4 is 16.6 Å². The SMILES string of the molecule is N[C@@H](Cc1ccc(O)cc1)C(=O)NNCc1ccc(O)c(O)c1O. The van der Waals surface area contributed by atoms with Crippen molar-refractivity contribution in [3.8, 4) is 23.0 Å². The van der Waals surface area contributed by atoms with Gasteiger partial charge in [0.2, 0.25) is 5.75 Å². The van der Waals surface area contributed by atoms with Crippen LogP contribution in [0.25, 0.3) is 0 Å². The molecule has 0 saturated heterocycles. The molecular formula is C16H19N3O5. The van der Waals surface area contributed by atoms with Gasteiger partial charge < -0.3 is 26.2 Å². The highest BCUT2D eigenvalue weighted by Gasteiger charge is 2.15. The van der Waals surface area contributed by atoms with E-state index in [1.54, 1.807) is 12.1 Å². The molecule has 1 amide bonds. The van der Waals surface area contributed by atoms with Crippen molar-refractivity contribution in [2.45, 2.75) is 19.0 Å². The van der Waals surface area contributed by atoms with Gasteiger partial charge in [0.05, 0.1) is 6.04 Å². The van der Waals surface area contributed by atoms with Crippen LogP contribution >= 0.6 is 0 Å². The third-order valence-corrected chi connectivity index (χ3v) is 3.43. The van der Waals surface area contributed by atoms with Gasteiger partial charge in [-0.05, 0) is 30.2 Å². The molecule has 0 aliphatic rings. The maximum absolute atomic E-state index is 11.9. The van der Waals surface area contributed by atoms with Gasteiger partial charge in [0.1, 0.15) is 5.75 Å². The normalized spacial score (nSPS) is 11.9. The fraction of sp³-hybridized carbons (Fsp3) is 0.188. The van der Waals surface area contributed by atoms with Crippen molar-refractivity contribution in [1.29, 1.82) is 0 Å². The van der Waals surface area contributed by atoms with Crippen molar-refractivity contribution in [3.05, 3.63) is 47.5 Å². The van der Waals surface area contributed by atoms with E-state index in [2.05, 4.69) is 10.9 Å². The zero-order valence-electron chi connectivity index (χ0n) is 12.7. The lowest BCUT2D eigenvalue weighted by Gasteiger charge is -2.14. The molecule has 0 radical (unpaired) electrons. The number of phenolic OH excluding ortho intramolecular Hbond substituents is 4. The highest BCUT2D eigenvalue weighted by atomic mass is 16.3.